The molecule has 0 aliphatic rings. The van der Waals surface area contributed by atoms with Gasteiger partial charge in [-0.2, -0.15) is 0 Å². The Labute approximate surface area is 166 Å². The molecule has 0 spiro atoms. The third kappa shape index (κ3) is 7.31. The first-order chi connectivity index (χ1) is 13.1. The van der Waals surface area contributed by atoms with Crippen LogP contribution in [-0.2, 0) is 25.8 Å². The number of carbonyl (C=O) groups is 3. The van der Waals surface area contributed by atoms with Crippen molar-refractivity contribution < 1.29 is 24.3 Å². The van der Waals surface area contributed by atoms with E-state index >= 15 is 0 Å². The lowest BCUT2D eigenvalue weighted by atomic mass is 9.80. The van der Waals surface area contributed by atoms with Gasteiger partial charge in [0.1, 0.15) is 11.5 Å². The van der Waals surface area contributed by atoms with Crippen LogP contribution >= 0.6 is 0 Å². The summed E-state index contributed by atoms with van der Waals surface area (Å²) in [5.74, 6) is -2.20. The molecule has 0 saturated heterocycles. The third-order valence-electron chi connectivity index (χ3n) is 4.38. The Bertz CT molecular complexity index is 660. The van der Waals surface area contributed by atoms with Crippen LogP contribution in [-0.4, -0.2) is 28.9 Å². The smallest absolute Gasteiger partial charge is 0.326 e. The number of amides is 2. The molecule has 1 unspecified atom stereocenters. The van der Waals surface area contributed by atoms with E-state index < -0.39 is 29.2 Å². The van der Waals surface area contributed by atoms with Crippen molar-refractivity contribution in [3.8, 4) is 0 Å². The van der Waals surface area contributed by atoms with Crippen molar-refractivity contribution in [3.63, 3.8) is 0 Å². The second-order valence-corrected chi connectivity index (χ2v) is 8.13. The maximum Gasteiger partial charge on any atom is 0.326 e. The lowest BCUT2D eigenvalue weighted by Gasteiger charge is -2.30. The first-order valence-corrected chi connectivity index (χ1v) is 9.56. The monoisotopic (exact) mass is 392 g/mol. The van der Waals surface area contributed by atoms with Crippen LogP contribution in [0, 0.1) is 17.3 Å². The quantitative estimate of drug-likeness (QED) is 0.397. The zero-order valence-corrected chi connectivity index (χ0v) is 17.3. The van der Waals surface area contributed by atoms with Gasteiger partial charge < -0.3 is 10.4 Å². The number of aliphatic carboxylic acids is 1. The molecule has 1 aromatic rings. The number of nitrogens with one attached hydrogen (secondary N) is 2. The molecule has 0 aromatic heterocycles. The highest BCUT2D eigenvalue weighted by Crippen LogP contribution is 2.27. The van der Waals surface area contributed by atoms with Gasteiger partial charge >= 0.3 is 5.97 Å². The lowest BCUT2D eigenvalue weighted by Crippen LogP contribution is -2.54. The predicted octanol–water partition coefficient (Wildman–Crippen LogP) is 2.90. The van der Waals surface area contributed by atoms with Crippen LogP contribution in [0.5, 0.6) is 0 Å². The van der Waals surface area contributed by atoms with Gasteiger partial charge in [0.05, 0.1) is 6.61 Å². The van der Waals surface area contributed by atoms with E-state index in [0.29, 0.717) is 0 Å². The van der Waals surface area contributed by atoms with Crippen LogP contribution in [0.3, 0.4) is 0 Å². The third-order valence-corrected chi connectivity index (χ3v) is 4.38. The Balaban J connectivity index is 2.84. The SMILES string of the molecule is CC(C)C[C@H](NC(=O)C(C)(CC(C)C)C(=O)NOCc1ccccc1)C(=O)O. The van der Waals surface area contributed by atoms with Gasteiger partial charge in [0.25, 0.3) is 5.91 Å². The predicted molar refractivity (Wildman–Crippen MR) is 106 cm³/mol. The summed E-state index contributed by atoms with van der Waals surface area (Å²) in [6, 6.07) is 8.26. The van der Waals surface area contributed by atoms with Gasteiger partial charge in [-0.3, -0.25) is 14.4 Å². The number of hydroxylamine groups is 1. The zero-order chi connectivity index (χ0) is 21.3. The maximum absolute atomic E-state index is 12.9. The van der Waals surface area contributed by atoms with E-state index in [4.69, 9.17) is 4.84 Å². The Kier molecular flexibility index (Phi) is 9.12. The summed E-state index contributed by atoms with van der Waals surface area (Å²) in [5.41, 5.74) is 1.78. The topological polar surface area (TPSA) is 105 Å². The summed E-state index contributed by atoms with van der Waals surface area (Å²) in [7, 11) is 0. The molecule has 0 fully saturated rings. The minimum atomic E-state index is -1.45. The Morgan fingerprint density at radius 1 is 1.04 bits per heavy atom. The lowest BCUT2D eigenvalue weighted by molar-refractivity contribution is -0.155. The molecule has 1 aromatic carbocycles. The fourth-order valence-electron chi connectivity index (χ4n) is 2.99. The molecule has 0 saturated carbocycles. The minimum Gasteiger partial charge on any atom is -0.480 e. The van der Waals surface area contributed by atoms with Crippen molar-refractivity contribution in [1.29, 1.82) is 0 Å². The van der Waals surface area contributed by atoms with Crippen LogP contribution in [0.4, 0.5) is 0 Å². The van der Waals surface area contributed by atoms with Crippen LogP contribution in [0.1, 0.15) is 53.0 Å². The van der Waals surface area contributed by atoms with Crippen molar-refractivity contribution in [2.75, 3.05) is 0 Å². The molecule has 0 radical (unpaired) electrons. The largest absolute Gasteiger partial charge is 0.480 e. The molecule has 1 rings (SSSR count). The van der Waals surface area contributed by atoms with Crippen molar-refractivity contribution in [3.05, 3.63) is 35.9 Å². The molecular weight excluding hydrogens is 360 g/mol. The summed E-state index contributed by atoms with van der Waals surface area (Å²) < 4.78 is 0. The normalized spacial score (nSPS) is 14.4. The van der Waals surface area contributed by atoms with Crippen LogP contribution < -0.4 is 10.8 Å². The fraction of sp³-hybridized carbons (Fsp3) is 0.571. The van der Waals surface area contributed by atoms with Crippen molar-refractivity contribution in [2.24, 2.45) is 17.3 Å². The molecule has 156 valence electrons. The average Bonchev–Trinajstić information content (AvgIpc) is 2.60. The molecule has 7 heteroatoms. The van der Waals surface area contributed by atoms with Crippen LogP contribution in [0.2, 0.25) is 0 Å². The standard InChI is InChI=1S/C21H32N2O5/c1-14(2)11-17(18(24)25)22-19(26)21(5,12-15(3)4)20(27)23-28-13-16-9-7-6-8-10-16/h6-10,14-15,17H,11-13H2,1-5H3,(H,22,26)(H,23,27)(H,24,25)/t17-,21?/m0/s1. The second-order valence-electron chi connectivity index (χ2n) is 8.13. The van der Waals surface area contributed by atoms with Gasteiger partial charge in [-0.05, 0) is 37.2 Å². The summed E-state index contributed by atoms with van der Waals surface area (Å²) >= 11 is 0. The van der Waals surface area contributed by atoms with E-state index in [1.54, 1.807) is 0 Å². The van der Waals surface area contributed by atoms with Crippen LogP contribution in [0.25, 0.3) is 0 Å². The summed E-state index contributed by atoms with van der Waals surface area (Å²) in [6.07, 6.45) is 0.540. The first kappa shape index (κ1) is 23.6. The number of hydrogen-bond acceptors (Lipinski definition) is 4. The van der Waals surface area contributed by atoms with Crippen molar-refractivity contribution in [2.45, 2.75) is 60.1 Å². The second kappa shape index (κ2) is 10.8. The first-order valence-electron chi connectivity index (χ1n) is 9.56. The molecule has 2 amide bonds. The molecule has 0 bridgehead atoms. The highest BCUT2D eigenvalue weighted by atomic mass is 16.6. The van der Waals surface area contributed by atoms with Gasteiger partial charge in [0.15, 0.2) is 0 Å². The van der Waals surface area contributed by atoms with Crippen LogP contribution in [0.15, 0.2) is 30.3 Å². The Morgan fingerprint density at radius 2 is 1.64 bits per heavy atom. The molecule has 0 aliphatic carbocycles. The van der Waals surface area contributed by atoms with Gasteiger partial charge in [0, 0.05) is 0 Å². The minimum absolute atomic E-state index is 0.0454. The van der Waals surface area contributed by atoms with E-state index in [0.717, 1.165) is 5.56 Å². The van der Waals surface area contributed by atoms with E-state index in [2.05, 4.69) is 10.8 Å². The van der Waals surface area contributed by atoms with Gasteiger partial charge in [-0.25, -0.2) is 10.3 Å². The number of benzene rings is 1. The fourth-order valence-corrected chi connectivity index (χ4v) is 2.99. The molecule has 0 aliphatic heterocycles. The van der Waals surface area contributed by atoms with Gasteiger partial charge in [-0.15, -0.1) is 0 Å². The molecule has 3 N–H and O–H groups in total. The van der Waals surface area contributed by atoms with E-state index in [1.165, 1.54) is 6.92 Å². The number of carboxylic acids is 1. The highest BCUT2D eigenvalue weighted by molar-refractivity contribution is 6.05. The van der Waals surface area contributed by atoms with Crippen molar-refractivity contribution in [1.82, 2.24) is 10.8 Å². The van der Waals surface area contributed by atoms with Gasteiger partial charge in [-0.1, -0.05) is 58.0 Å². The highest BCUT2D eigenvalue weighted by Gasteiger charge is 2.43. The molecule has 2 atom stereocenters. The van der Waals surface area contributed by atoms with E-state index in [-0.39, 0.29) is 31.3 Å². The Hall–Kier alpha value is -2.41. The molecule has 0 heterocycles. The number of rotatable bonds is 11. The number of hydrogen-bond donors (Lipinski definition) is 3. The molecular formula is C21H32N2O5. The Morgan fingerprint density at radius 3 is 2.14 bits per heavy atom. The summed E-state index contributed by atoms with van der Waals surface area (Å²) in [5, 5.41) is 11.9. The van der Waals surface area contributed by atoms with Crippen molar-refractivity contribution >= 4 is 17.8 Å². The molecule has 28 heavy (non-hydrogen) atoms. The molecule has 7 nitrogen and oxygen atoms in total. The summed E-state index contributed by atoms with van der Waals surface area (Å²) in [6.45, 7) is 9.22. The van der Waals surface area contributed by atoms with E-state index in [1.807, 2.05) is 58.0 Å². The number of carboxylic acid groups (broad SMARTS) is 1. The zero-order valence-electron chi connectivity index (χ0n) is 17.3. The maximum atomic E-state index is 12.9. The van der Waals surface area contributed by atoms with Gasteiger partial charge in [0.2, 0.25) is 5.91 Å². The van der Waals surface area contributed by atoms with E-state index in [9.17, 15) is 19.5 Å². The number of carbonyl (C=O) groups excluding carboxylic acids is 2. The summed E-state index contributed by atoms with van der Waals surface area (Å²) in [4.78, 5) is 42.4. The average molecular weight is 392 g/mol.